The Kier molecular flexibility index (Phi) is 4.65. The number of allylic oxidation sites excluding steroid dienone is 2. The van der Waals surface area contributed by atoms with E-state index in [9.17, 15) is 0 Å². The highest BCUT2D eigenvalue weighted by molar-refractivity contribution is 5.07. The molecule has 0 aliphatic heterocycles. The smallest absolute Gasteiger partial charge is 0.0697 e. The SMILES string of the molecule is CC(C)(C)C(C1C=CC(C#N)CCC1)C(C)(C)C. The molecule has 0 saturated carbocycles. The summed E-state index contributed by atoms with van der Waals surface area (Å²) in [6.07, 6.45) is 7.93. The second-order valence-corrected chi connectivity index (χ2v) is 7.92. The van der Waals surface area contributed by atoms with Gasteiger partial charge < -0.3 is 0 Å². The summed E-state index contributed by atoms with van der Waals surface area (Å²) in [6, 6.07) is 2.39. The van der Waals surface area contributed by atoms with Gasteiger partial charge in [0, 0.05) is 0 Å². The van der Waals surface area contributed by atoms with Gasteiger partial charge in [0.25, 0.3) is 0 Å². The largest absolute Gasteiger partial charge is 0.198 e. The predicted molar refractivity (Wildman–Crippen MR) is 78.0 cm³/mol. The molecule has 0 fully saturated rings. The van der Waals surface area contributed by atoms with Crippen molar-refractivity contribution in [3.8, 4) is 6.07 Å². The summed E-state index contributed by atoms with van der Waals surface area (Å²) in [7, 11) is 0. The van der Waals surface area contributed by atoms with E-state index >= 15 is 0 Å². The molecule has 0 N–H and O–H groups in total. The first-order valence-corrected chi connectivity index (χ1v) is 7.24. The van der Waals surface area contributed by atoms with Crippen LogP contribution in [0.15, 0.2) is 12.2 Å². The van der Waals surface area contributed by atoms with Gasteiger partial charge >= 0.3 is 0 Å². The Morgan fingerprint density at radius 3 is 2.00 bits per heavy atom. The van der Waals surface area contributed by atoms with Gasteiger partial charge in [-0.3, -0.25) is 0 Å². The molecule has 0 heterocycles. The van der Waals surface area contributed by atoms with Crippen LogP contribution in [0.3, 0.4) is 0 Å². The molecule has 2 unspecified atom stereocenters. The summed E-state index contributed by atoms with van der Waals surface area (Å²) >= 11 is 0. The summed E-state index contributed by atoms with van der Waals surface area (Å²) in [5.41, 5.74) is 0.611. The van der Waals surface area contributed by atoms with E-state index in [1.54, 1.807) is 0 Å². The van der Waals surface area contributed by atoms with Crippen LogP contribution in [0.4, 0.5) is 0 Å². The summed E-state index contributed by atoms with van der Waals surface area (Å²) in [4.78, 5) is 0. The number of hydrogen-bond donors (Lipinski definition) is 0. The highest BCUT2D eigenvalue weighted by Crippen LogP contribution is 2.47. The van der Waals surface area contributed by atoms with Gasteiger partial charge in [0.2, 0.25) is 0 Å². The molecule has 18 heavy (non-hydrogen) atoms. The maximum atomic E-state index is 9.06. The van der Waals surface area contributed by atoms with Crippen LogP contribution < -0.4 is 0 Å². The zero-order valence-electron chi connectivity index (χ0n) is 13.0. The molecule has 1 nitrogen and oxygen atoms in total. The molecule has 0 aromatic carbocycles. The molecule has 1 aliphatic rings. The predicted octanol–water partition coefficient (Wildman–Crippen LogP) is 5.19. The summed E-state index contributed by atoms with van der Waals surface area (Å²) < 4.78 is 0. The lowest BCUT2D eigenvalue weighted by molar-refractivity contribution is 0.0576. The van der Waals surface area contributed by atoms with E-state index in [1.165, 1.54) is 12.8 Å². The molecule has 102 valence electrons. The molecule has 0 radical (unpaired) electrons. The van der Waals surface area contributed by atoms with Crippen LogP contribution in [-0.2, 0) is 0 Å². The first-order chi connectivity index (χ1) is 8.16. The molecule has 0 aromatic heterocycles. The fourth-order valence-electron chi connectivity index (χ4n) is 4.01. The second-order valence-electron chi connectivity index (χ2n) is 7.92. The van der Waals surface area contributed by atoms with E-state index in [-0.39, 0.29) is 5.92 Å². The zero-order chi connectivity index (χ0) is 14.0. The molecular weight excluding hydrogens is 218 g/mol. The van der Waals surface area contributed by atoms with Crippen molar-refractivity contribution >= 4 is 0 Å². The standard InChI is InChI=1S/C17H29N/c1-16(2,3)15(17(4,5)6)14-9-7-8-13(12-18)10-11-14/h10-11,13-15H,7-9H2,1-6H3. The lowest BCUT2D eigenvalue weighted by atomic mass is 9.60. The lowest BCUT2D eigenvalue weighted by Gasteiger charge is -2.45. The van der Waals surface area contributed by atoms with E-state index in [0.29, 0.717) is 22.7 Å². The highest BCUT2D eigenvalue weighted by atomic mass is 14.4. The van der Waals surface area contributed by atoms with Crippen molar-refractivity contribution in [3.63, 3.8) is 0 Å². The van der Waals surface area contributed by atoms with Gasteiger partial charge in [0.05, 0.1) is 12.0 Å². The maximum absolute atomic E-state index is 9.06. The van der Waals surface area contributed by atoms with E-state index < -0.39 is 0 Å². The quantitative estimate of drug-likeness (QED) is 0.585. The van der Waals surface area contributed by atoms with Crippen LogP contribution in [-0.4, -0.2) is 0 Å². The monoisotopic (exact) mass is 247 g/mol. The van der Waals surface area contributed by atoms with Crippen LogP contribution in [0.25, 0.3) is 0 Å². The first kappa shape index (κ1) is 15.3. The van der Waals surface area contributed by atoms with Gasteiger partial charge in [-0.1, -0.05) is 60.1 Å². The first-order valence-electron chi connectivity index (χ1n) is 7.24. The average Bonchev–Trinajstić information content (AvgIpc) is 2.38. The van der Waals surface area contributed by atoms with Crippen LogP contribution in [0.2, 0.25) is 0 Å². The number of nitrogens with zero attached hydrogens (tertiary/aromatic N) is 1. The van der Waals surface area contributed by atoms with Gasteiger partial charge in [-0.2, -0.15) is 5.26 Å². The molecule has 0 saturated heterocycles. The van der Waals surface area contributed by atoms with E-state index in [1.807, 2.05) is 0 Å². The molecule has 1 aliphatic carbocycles. The maximum Gasteiger partial charge on any atom is 0.0697 e. The van der Waals surface area contributed by atoms with E-state index in [4.69, 9.17) is 5.26 Å². The Hall–Kier alpha value is -0.770. The normalized spacial score (nSPS) is 25.9. The molecule has 2 atom stereocenters. The van der Waals surface area contributed by atoms with Crippen molar-refractivity contribution in [2.45, 2.75) is 60.8 Å². The molecule has 1 heteroatoms. The molecule has 1 rings (SSSR count). The number of rotatable bonds is 1. The van der Waals surface area contributed by atoms with Gasteiger partial charge in [-0.25, -0.2) is 0 Å². The molecule has 0 bridgehead atoms. The van der Waals surface area contributed by atoms with Crippen LogP contribution >= 0.6 is 0 Å². The van der Waals surface area contributed by atoms with E-state index in [2.05, 4.69) is 59.8 Å². The minimum atomic E-state index is 0.135. The Labute approximate surface area is 113 Å². The molecule has 0 aromatic rings. The topological polar surface area (TPSA) is 23.8 Å². The number of nitriles is 1. The molecule has 0 spiro atoms. The van der Waals surface area contributed by atoms with Crippen molar-refractivity contribution in [2.75, 3.05) is 0 Å². The second kappa shape index (κ2) is 5.47. The van der Waals surface area contributed by atoms with Crippen molar-refractivity contribution < 1.29 is 0 Å². The highest BCUT2D eigenvalue weighted by Gasteiger charge is 2.39. The Morgan fingerprint density at radius 1 is 1.00 bits per heavy atom. The fourth-order valence-corrected chi connectivity index (χ4v) is 4.01. The van der Waals surface area contributed by atoms with Gasteiger partial charge in [-0.05, 0) is 35.5 Å². The lowest BCUT2D eigenvalue weighted by Crippen LogP contribution is -2.37. The van der Waals surface area contributed by atoms with Crippen molar-refractivity contribution in [1.29, 1.82) is 5.26 Å². The Bertz CT molecular complexity index is 318. The summed E-state index contributed by atoms with van der Waals surface area (Å²) in [5.74, 6) is 1.40. The zero-order valence-corrected chi connectivity index (χ0v) is 13.0. The van der Waals surface area contributed by atoms with Crippen LogP contribution in [0.1, 0.15) is 60.8 Å². The Morgan fingerprint density at radius 2 is 1.56 bits per heavy atom. The van der Waals surface area contributed by atoms with E-state index in [0.717, 1.165) is 6.42 Å². The van der Waals surface area contributed by atoms with Gasteiger partial charge in [0.15, 0.2) is 0 Å². The van der Waals surface area contributed by atoms with Crippen LogP contribution in [0.5, 0.6) is 0 Å². The summed E-state index contributed by atoms with van der Waals surface area (Å²) in [5, 5.41) is 9.06. The van der Waals surface area contributed by atoms with Crippen molar-refractivity contribution in [1.82, 2.24) is 0 Å². The third-order valence-corrected chi connectivity index (χ3v) is 4.10. The minimum absolute atomic E-state index is 0.135. The molecular formula is C17H29N. The van der Waals surface area contributed by atoms with Crippen LogP contribution in [0, 0.1) is 39.9 Å². The third-order valence-electron chi connectivity index (χ3n) is 4.10. The fraction of sp³-hybridized carbons (Fsp3) is 0.824. The van der Waals surface area contributed by atoms with Gasteiger partial charge in [-0.15, -0.1) is 0 Å². The molecule has 0 amide bonds. The third kappa shape index (κ3) is 3.87. The van der Waals surface area contributed by atoms with Crippen molar-refractivity contribution in [3.05, 3.63) is 12.2 Å². The average molecular weight is 247 g/mol. The summed E-state index contributed by atoms with van der Waals surface area (Å²) in [6.45, 7) is 14.1. The Balaban J connectivity index is 2.98. The number of hydrogen-bond acceptors (Lipinski definition) is 1. The minimum Gasteiger partial charge on any atom is -0.198 e. The van der Waals surface area contributed by atoms with Crippen molar-refractivity contribution in [2.24, 2.45) is 28.6 Å². The van der Waals surface area contributed by atoms with Gasteiger partial charge in [0.1, 0.15) is 0 Å².